The first-order valence-corrected chi connectivity index (χ1v) is 8.98. The van der Waals surface area contributed by atoms with E-state index < -0.39 is 0 Å². The predicted molar refractivity (Wildman–Crippen MR) is 88.3 cm³/mol. The molecular formula is C20H26O3. The standard InChI is InChI=1S/C20H26O3/c1-12(21)23-19-8-7-18-17-5-3-13-11-14(22)4-6-15(13)16(17)9-10-20(18,19)2/h4,6,11,16-19,22H,3,5,7-10H2,1-2H3/t16-,17+,18-,19?,20-/m0/s1. The lowest BCUT2D eigenvalue weighted by atomic mass is 9.55. The first-order valence-electron chi connectivity index (χ1n) is 8.98. The molecule has 4 rings (SSSR count). The summed E-state index contributed by atoms with van der Waals surface area (Å²) in [6.07, 6.45) is 6.89. The van der Waals surface area contributed by atoms with Crippen molar-refractivity contribution in [2.24, 2.45) is 17.3 Å². The monoisotopic (exact) mass is 314 g/mol. The fraction of sp³-hybridized carbons (Fsp3) is 0.650. The largest absolute Gasteiger partial charge is 0.508 e. The number of rotatable bonds is 1. The number of aryl methyl sites for hydroxylation is 1. The van der Waals surface area contributed by atoms with Crippen molar-refractivity contribution in [2.45, 2.75) is 64.4 Å². The minimum absolute atomic E-state index is 0.104. The fourth-order valence-electron chi connectivity index (χ4n) is 5.91. The molecule has 5 atom stereocenters. The van der Waals surface area contributed by atoms with Crippen molar-refractivity contribution < 1.29 is 14.6 Å². The summed E-state index contributed by atoms with van der Waals surface area (Å²) in [6.45, 7) is 3.88. The molecule has 1 aromatic carbocycles. The normalized spacial score (nSPS) is 38.3. The molecule has 3 aliphatic rings. The summed E-state index contributed by atoms with van der Waals surface area (Å²) in [5, 5.41) is 9.75. The van der Waals surface area contributed by atoms with Crippen LogP contribution in [0.25, 0.3) is 0 Å². The van der Waals surface area contributed by atoms with Gasteiger partial charge in [0.2, 0.25) is 0 Å². The number of benzene rings is 1. The van der Waals surface area contributed by atoms with Gasteiger partial charge < -0.3 is 9.84 Å². The maximum Gasteiger partial charge on any atom is 0.302 e. The van der Waals surface area contributed by atoms with Crippen LogP contribution >= 0.6 is 0 Å². The van der Waals surface area contributed by atoms with Gasteiger partial charge in [0, 0.05) is 12.3 Å². The van der Waals surface area contributed by atoms with Crippen LogP contribution in [0.3, 0.4) is 0 Å². The molecule has 0 bridgehead atoms. The van der Waals surface area contributed by atoms with Crippen molar-refractivity contribution >= 4 is 5.97 Å². The molecule has 0 heterocycles. The number of aromatic hydroxyl groups is 1. The van der Waals surface area contributed by atoms with E-state index in [0.29, 0.717) is 23.5 Å². The van der Waals surface area contributed by atoms with Crippen molar-refractivity contribution in [1.29, 1.82) is 0 Å². The molecule has 0 aromatic heterocycles. The van der Waals surface area contributed by atoms with E-state index in [9.17, 15) is 9.90 Å². The lowest BCUT2D eigenvalue weighted by Gasteiger charge is -2.50. The smallest absolute Gasteiger partial charge is 0.302 e. The van der Waals surface area contributed by atoms with E-state index in [1.54, 1.807) is 0 Å². The Bertz CT molecular complexity index is 638. The highest BCUT2D eigenvalue weighted by atomic mass is 16.5. The van der Waals surface area contributed by atoms with E-state index >= 15 is 0 Å². The summed E-state index contributed by atoms with van der Waals surface area (Å²) in [4.78, 5) is 11.4. The highest BCUT2D eigenvalue weighted by molar-refractivity contribution is 5.66. The molecule has 3 nitrogen and oxygen atoms in total. The molecule has 1 aromatic rings. The van der Waals surface area contributed by atoms with Crippen molar-refractivity contribution in [1.82, 2.24) is 0 Å². The summed E-state index contributed by atoms with van der Waals surface area (Å²) in [7, 11) is 0. The molecule has 0 amide bonds. The summed E-state index contributed by atoms with van der Waals surface area (Å²) in [5.74, 6) is 2.23. The van der Waals surface area contributed by atoms with Crippen molar-refractivity contribution in [2.75, 3.05) is 0 Å². The summed E-state index contributed by atoms with van der Waals surface area (Å²) >= 11 is 0. The topological polar surface area (TPSA) is 46.5 Å². The molecule has 2 fully saturated rings. The van der Waals surface area contributed by atoms with Crippen LogP contribution in [0.15, 0.2) is 18.2 Å². The third kappa shape index (κ3) is 2.28. The van der Waals surface area contributed by atoms with Crippen LogP contribution in [-0.2, 0) is 16.0 Å². The highest BCUT2D eigenvalue weighted by Gasteiger charge is 2.56. The van der Waals surface area contributed by atoms with Crippen LogP contribution in [0.5, 0.6) is 5.75 Å². The van der Waals surface area contributed by atoms with Gasteiger partial charge in [0.25, 0.3) is 0 Å². The average molecular weight is 314 g/mol. The van der Waals surface area contributed by atoms with Gasteiger partial charge in [0.05, 0.1) is 0 Å². The number of fused-ring (bicyclic) bond motifs is 5. The molecule has 0 spiro atoms. The molecule has 1 unspecified atom stereocenters. The number of carbonyl (C=O) groups is 1. The lowest BCUT2D eigenvalue weighted by molar-refractivity contribution is -0.154. The molecule has 0 saturated heterocycles. The Kier molecular flexibility index (Phi) is 3.44. The van der Waals surface area contributed by atoms with E-state index in [4.69, 9.17) is 4.74 Å². The summed E-state index contributed by atoms with van der Waals surface area (Å²) < 4.78 is 5.68. The molecular weight excluding hydrogens is 288 g/mol. The highest BCUT2D eigenvalue weighted by Crippen LogP contribution is 2.61. The molecule has 23 heavy (non-hydrogen) atoms. The van der Waals surface area contributed by atoms with Crippen molar-refractivity contribution in [3.05, 3.63) is 29.3 Å². The van der Waals surface area contributed by atoms with Gasteiger partial charge in [0.15, 0.2) is 0 Å². The van der Waals surface area contributed by atoms with Crippen molar-refractivity contribution in [3.8, 4) is 5.75 Å². The van der Waals surface area contributed by atoms with Gasteiger partial charge in [-0.3, -0.25) is 4.79 Å². The zero-order valence-corrected chi connectivity index (χ0v) is 14.0. The maximum atomic E-state index is 11.4. The molecule has 2 saturated carbocycles. The van der Waals surface area contributed by atoms with Crippen LogP contribution in [0.2, 0.25) is 0 Å². The van der Waals surface area contributed by atoms with Gasteiger partial charge in [0.1, 0.15) is 11.9 Å². The minimum Gasteiger partial charge on any atom is -0.508 e. The third-order valence-electron chi connectivity index (χ3n) is 6.93. The zero-order valence-electron chi connectivity index (χ0n) is 14.0. The molecule has 1 N–H and O–H groups in total. The first-order chi connectivity index (χ1) is 11.0. The number of carbonyl (C=O) groups excluding carboxylic acids is 1. The second-order valence-electron chi connectivity index (χ2n) is 8.02. The Hall–Kier alpha value is -1.51. The Morgan fingerprint density at radius 2 is 2.09 bits per heavy atom. The van der Waals surface area contributed by atoms with E-state index in [0.717, 1.165) is 19.3 Å². The fourth-order valence-corrected chi connectivity index (χ4v) is 5.91. The second kappa shape index (κ2) is 5.25. The molecule has 3 heteroatoms. The number of ether oxygens (including phenoxy) is 1. The Morgan fingerprint density at radius 1 is 1.26 bits per heavy atom. The number of hydrogen-bond acceptors (Lipinski definition) is 3. The number of phenolic OH excluding ortho intramolecular Hbond substituents is 1. The van der Waals surface area contributed by atoms with Gasteiger partial charge in [-0.2, -0.15) is 0 Å². The Balaban J connectivity index is 1.63. The Morgan fingerprint density at radius 3 is 2.87 bits per heavy atom. The van der Waals surface area contributed by atoms with Gasteiger partial charge in [-0.15, -0.1) is 0 Å². The lowest BCUT2D eigenvalue weighted by Crippen LogP contribution is -2.45. The van der Waals surface area contributed by atoms with Crippen LogP contribution < -0.4 is 0 Å². The number of phenols is 1. The maximum absolute atomic E-state index is 11.4. The van der Waals surface area contributed by atoms with Crippen LogP contribution in [-0.4, -0.2) is 17.2 Å². The van der Waals surface area contributed by atoms with E-state index in [1.807, 2.05) is 12.1 Å². The first kappa shape index (κ1) is 15.0. The predicted octanol–water partition coefficient (Wildman–Crippen LogP) is 4.18. The number of hydrogen-bond donors (Lipinski definition) is 1. The second-order valence-corrected chi connectivity index (χ2v) is 8.02. The number of esters is 1. The molecule has 0 aliphatic heterocycles. The quantitative estimate of drug-likeness (QED) is 0.791. The van der Waals surface area contributed by atoms with Gasteiger partial charge in [-0.25, -0.2) is 0 Å². The molecule has 3 aliphatic carbocycles. The average Bonchev–Trinajstić information content (AvgIpc) is 2.83. The Labute approximate surface area is 138 Å². The summed E-state index contributed by atoms with van der Waals surface area (Å²) in [6, 6.07) is 5.93. The van der Waals surface area contributed by atoms with Gasteiger partial charge in [-0.05, 0) is 79.5 Å². The van der Waals surface area contributed by atoms with Gasteiger partial charge in [-0.1, -0.05) is 13.0 Å². The SMILES string of the molecule is CC(=O)OC1CC[C@H]2[C@@H]3CCc4cc(O)ccc4[C@@H]3CC[C@]12C. The summed E-state index contributed by atoms with van der Waals surface area (Å²) in [5.41, 5.74) is 2.95. The van der Waals surface area contributed by atoms with Crippen molar-refractivity contribution in [3.63, 3.8) is 0 Å². The third-order valence-corrected chi connectivity index (χ3v) is 6.93. The van der Waals surface area contributed by atoms with E-state index in [1.165, 1.54) is 37.3 Å². The molecule has 0 radical (unpaired) electrons. The minimum atomic E-state index is -0.136. The van der Waals surface area contributed by atoms with E-state index in [2.05, 4.69) is 13.0 Å². The van der Waals surface area contributed by atoms with E-state index in [-0.39, 0.29) is 17.5 Å². The van der Waals surface area contributed by atoms with Crippen LogP contribution in [0.4, 0.5) is 0 Å². The van der Waals surface area contributed by atoms with Gasteiger partial charge >= 0.3 is 5.97 Å². The van der Waals surface area contributed by atoms with Crippen LogP contribution in [0.1, 0.15) is 63.0 Å². The zero-order chi connectivity index (χ0) is 16.2. The van der Waals surface area contributed by atoms with Crippen LogP contribution in [0, 0.1) is 17.3 Å². The molecule has 124 valence electrons.